The average molecular weight is 834 g/mol. The van der Waals surface area contributed by atoms with E-state index in [2.05, 4.69) is 115 Å². The van der Waals surface area contributed by atoms with E-state index >= 15 is 0 Å². The summed E-state index contributed by atoms with van der Waals surface area (Å²) in [5.74, 6) is 0. The zero-order valence-electron chi connectivity index (χ0n) is 26.3. The molecular weight excluding hydrogens is 790 g/mol. The van der Waals surface area contributed by atoms with Crippen molar-refractivity contribution in [1.82, 2.24) is 0 Å². The number of ether oxygens (including phenoxy) is 1. The Labute approximate surface area is 270 Å². The van der Waals surface area contributed by atoms with Gasteiger partial charge in [0, 0.05) is 22.6 Å². The smallest absolute Gasteiger partial charge is 0.0381 e. The van der Waals surface area contributed by atoms with Gasteiger partial charge in [-0.1, -0.05) is 0 Å². The second-order valence-corrected chi connectivity index (χ2v) is 48.1. The predicted octanol–water partition coefficient (Wildman–Crippen LogP) is 11.4. The molecule has 0 unspecified atom stereocenters. The van der Waals surface area contributed by atoms with E-state index in [-0.39, 0.29) is 0 Å². The Morgan fingerprint density at radius 3 is 1.22 bits per heavy atom. The first-order chi connectivity index (χ1) is 19.3. The van der Waals surface area contributed by atoms with Gasteiger partial charge in [0.25, 0.3) is 0 Å². The van der Waals surface area contributed by atoms with Gasteiger partial charge < -0.3 is 4.74 Å². The van der Waals surface area contributed by atoms with Gasteiger partial charge in [0.2, 0.25) is 0 Å². The van der Waals surface area contributed by atoms with Crippen LogP contribution in [0.15, 0.2) is 35.0 Å². The number of fused-ring (bicyclic) bond motifs is 4. The summed E-state index contributed by atoms with van der Waals surface area (Å²) in [5, 5.41) is 10.3. The molecule has 0 atom stereocenters. The number of hydrogen-bond donors (Lipinski definition) is 0. The van der Waals surface area contributed by atoms with Crippen molar-refractivity contribution in [2.24, 2.45) is 0 Å². The van der Waals surface area contributed by atoms with Crippen molar-refractivity contribution in [2.75, 3.05) is 13.2 Å². The minimum Gasteiger partial charge on any atom is -0.144 e. The third-order valence-corrected chi connectivity index (χ3v) is 31.5. The normalized spacial score (nSPS) is 14.1. The van der Waals surface area contributed by atoms with Gasteiger partial charge in [-0.3, -0.25) is 0 Å². The Morgan fingerprint density at radius 1 is 0.537 bits per heavy atom. The zero-order chi connectivity index (χ0) is 29.7. The fourth-order valence-electron chi connectivity index (χ4n) is 5.42. The Bertz CT molecular complexity index is 1590. The van der Waals surface area contributed by atoms with Gasteiger partial charge >= 0.3 is 152 Å². The average Bonchev–Trinajstić information content (AvgIpc) is 3.75. The van der Waals surface area contributed by atoms with Crippen LogP contribution in [-0.2, 0) is 4.74 Å². The SMILES string of the molecule is C1CCOC1.Cc1c2c[c]([Sn]([CH3])([CH3])[CH3])sc2c(C)c2c[c]([Sn]([CH3])([CH3])[CH3])sc12.Cc1c2ccsc2c(C)c2ccsc12. The van der Waals surface area contributed by atoms with Crippen molar-refractivity contribution in [2.45, 2.75) is 70.2 Å². The van der Waals surface area contributed by atoms with Crippen molar-refractivity contribution in [3.63, 3.8) is 0 Å². The van der Waals surface area contributed by atoms with Crippen LogP contribution in [0.1, 0.15) is 35.1 Å². The molecule has 1 aliphatic rings. The van der Waals surface area contributed by atoms with E-state index in [4.69, 9.17) is 4.74 Å². The van der Waals surface area contributed by atoms with Crippen LogP contribution in [0.25, 0.3) is 40.3 Å². The van der Waals surface area contributed by atoms with Gasteiger partial charge in [-0.25, -0.2) is 0 Å². The Morgan fingerprint density at radius 2 is 0.902 bits per heavy atom. The van der Waals surface area contributed by atoms with Gasteiger partial charge in [0.1, 0.15) is 0 Å². The predicted molar refractivity (Wildman–Crippen MR) is 199 cm³/mol. The maximum Gasteiger partial charge on any atom is 0.0381 e. The van der Waals surface area contributed by atoms with Crippen molar-refractivity contribution < 1.29 is 4.74 Å². The minimum absolute atomic E-state index is 1.00. The number of hydrogen-bond acceptors (Lipinski definition) is 5. The number of aryl methyl sites for hydroxylation is 4. The molecule has 7 rings (SSSR count). The van der Waals surface area contributed by atoms with E-state index in [0.717, 1.165) is 13.2 Å². The van der Waals surface area contributed by atoms with Crippen LogP contribution in [0.3, 0.4) is 0 Å². The summed E-state index contributed by atoms with van der Waals surface area (Å²) in [6.07, 6.45) is 2.56. The molecule has 218 valence electrons. The maximum atomic E-state index is 4.94. The molecule has 1 aliphatic heterocycles. The third kappa shape index (κ3) is 6.62. The summed E-state index contributed by atoms with van der Waals surface area (Å²) in [6, 6.07) is 9.55. The summed E-state index contributed by atoms with van der Waals surface area (Å²) >= 11 is 3.93. The van der Waals surface area contributed by atoms with Crippen LogP contribution >= 0.6 is 45.3 Å². The standard InChI is InChI=1S/C12H10S2.C12H8S2.C4H8O.6CH3.2Sn/c2*1-7-9-3-5-14-12(9)8(2)10-4-6-13-11(7)10;1-2-4-5-3-1;;;;;;;;/h3-6H,1-2H3;3-4H,1-2H3;1-4H2;6*1H3;;. The third-order valence-electron chi connectivity index (χ3n) is 8.08. The van der Waals surface area contributed by atoms with Crippen LogP contribution in [0.4, 0.5) is 0 Å². The molecule has 0 aliphatic carbocycles. The summed E-state index contributed by atoms with van der Waals surface area (Å²) < 4.78 is 14.4. The van der Waals surface area contributed by atoms with Crippen LogP contribution in [0.5, 0.6) is 0 Å². The number of rotatable bonds is 2. The molecule has 7 heteroatoms. The molecule has 0 bridgehead atoms. The summed E-state index contributed by atoms with van der Waals surface area (Å²) in [7, 11) is 0. The number of thiophene rings is 4. The largest absolute Gasteiger partial charge is 0.144 e. The first-order valence-electron chi connectivity index (χ1n) is 14.7. The van der Waals surface area contributed by atoms with E-state index in [1.54, 1.807) is 15.2 Å². The van der Waals surface area contributed by atoms with Crippen molar-refractivity contribution in [3.05, 3.63) is 57.3 Å². The second kappa shape index (κ2) is 12.7. The molecule has 0 radical (unpaired) electrons. The van der Waals surface area contributed by atoms with Gasteiger partial charge in [-0.15, -0.1) is 22.7 Å². The fraction of sp³-hybridized carbons (Fsp3) is 0.412. The molecule has 1 saturated heterocycles. The molecule has 41 heavy (non-hydrogen) atoms. The van der Waals surface area contributed by atoms with Gasteiger partial charge in [0.15, 0.2) is 0 Å². The first-order valence-corrected chi connectivity index (χ1v) is 38.0. The Hall–Kier alpha value is -0.163. The van der Waals surface area contributed by atoms with Crippen LogP contribution < -0.4 is 5.79 Å². The first kappa shape index (κ1) is 32.2. The summed E-state index contributed by atoms with van der Waals surface area (Å²) in [6.45, 7) is 11.1. The van der Waals surface area contributed by atoms with Gasteiger partial charge in [-0.05, 0) is 71.5 Å². The van der Waals surface area contributed by atoms with Crippen LogP contribution in [0.2, 0.25) is 29.6 Å². The molecule has 0 saturated carbocycles. The van der Waals surface area contributed by atoms with E-state index in [0.29, 0.717) is 0 Å². The van der Waals surface area contributed by atoms with Gasteiger partial charge in [-0.2, -0.15) is 0 Å². The van der Waals surface area contributed by atoms with Crippen LogP contribution in [0, 0.1) is 27.7 Å². The quantitative estimate of drug-likeness (QED) is 0.158. The molecule has 5 heterocycles. The molecule has 0 amide bonds. The summed E-state index contributed by atoms with van der Waals surface area (Å²) in [4.78, 5) is 15.2. The van der Waals surface area contributed by atoms with E-state index in [9.17, 15) is 0 Å². The molecule has 0 spiro atoms. The van der Waals surface area contributed by atoms with Crippen LogP contribution in [-0.4, -0.2) is 50.0 Å². The van der Waals surface area contributed by atoms with Crippen molar-refractivity contribution in [3.8, 4) is 0 Å². The second-order valence-electron chi connectivity index (χ2n) is 13.4. The van der Waals surface area contributed by atoms with Crippen molar-refractivity contribution >= 4 is 128 Å². The summed E-state index contributed by atoms with van der Waals surface area (Å²) in [5.41, 5.74) is 5.94. The molecule has 1 fully saturated rings. The van der Waals surface area contributed by atoms with Crippen molar-refractivity contribution in [1.29, 1.82) is 0 Å². The Balaban J connectivity index is 0.000000150. The minimum atomic E-state index is -1.98. The Kier molecular flexibility index (Phi) is 9.97. The molecule has 1 nitrogen and oxygen atoms in total. The molecule has 6 aromatic rings. The number of benzene rings is 2. The maximum absolute atomic E-state index is 4.94. The van der Waals surface area contributed by atoms with Gasteiger partial charge in [0.05, 0.1) is 0 Å². The topological polar surface area (TPSA) is 9.23 Å². The monoisotopic (exact) mass is 836 g/mol. The van der Waals surface area contributed by atoms with E-state index in [1.165, 1.54) is 66.0 Å². The molecular formula is C34H44OS4Sn2. The molecule has 2 aromatic carbocycles. The zero-order valence-corrected chi connectivity index (χ0v) is 35.3. The molecule has 0 N–H and O–H groups in total. The molecule has 4 aromatic heterocycles. The van der Waals surface area contributed by atoms with E-state index < -0.39 is 36.8 Å². The van der Waals surface area contributed by atoms with E-state index in [1.807, 2.05) is 22.7 Å². The fourth-order valence-corrected chi connectivity index (χ4v) is 20.2.